The molecule has 1 aromatic rings. The van der Waals surface area contributed by atoms with Crippen LogP contribution in [0, 0.1) is 29.4 Å². The van der Waals surface area contributed by atoms with Crippen molar-refractivity contribution in [3.05, 3.63) is 23.5 Å². The van der Waals surface area contributed by atoms with Crippen LogP contribution in [-0.4, -0.2) is 36.1 Å². The maximum Gasteiger partial charge on any atom is 0.253 e. The Morgan fingerprint density at radius 1 is 1.10 bits per heavy atom. The van der Waals surface area contributed by atoms with Gasteiger partial charge < -0.3 is 10.2 Å². The molecule has 2 rings (SSSR count). The number of hydrogen-bond donors (Lipinski definition) is 1. The van der Waals surface area contributed by atoms with E-state index in [-0.39, 0.29) is 12.5 Å². The predicted molar refractivity (Wildman–Crippen MR) is 67.4 cm³/mol. The van der Waals surface area contributed by atoms with E-state index in [2.05, 4.69) is 22.1 Å². The molecule has 112 valence electrons. The van der Waals surface area contributed by atoms with E-state index in [0.29, 0.717) is 0 Å². The van der Waals surface area contributed by atoms with Crippen molar-refractivity contribution in [2.24, 2.45) is 5.92 Å². The zero-order valence-electron chi connectivity index (χ0n) is 11.2. The fourth-order valence-corrected chi connectivity index (χ4v) is 2.40. The Morgan fingerprint density at radius 2 is 1.65 bits per heavy atom. The molecule has 0 radical (unpaired) electrons. The number of piperidine rings is 1. The van der Waals surface area contributed by atoms with Crippen LogP contribution in [0.1, 0.15) is 19.8 Å². The number of aromatic nitrogens is 1. The van der Waals surface area contributed by atoms with E-state index in [9.17, 15) is 17.6 Å². The van der Waals surface area contributed by atoms with Crippen LogP contribution >= 0.6 is 0 Å². The summed E-state index contributed by atoms with van der Waals surface area (Å²) in [5.74, 6) is -5.99. The minimum absolute atomic E-state index is 0.232. The first-order valence-electron chi connectivity index (χ1n) is 6.69. The van der Waals surface area contributed by atoms with E-state index in [4.69, 9.17) is 0 Å². The highest BCUT2D eigenvalue weighted by Gasteiger charge is 2.23. The number of nitrogens with one attached hydrogen (secondary N) is 1. The van der Waals surface area contributed by atoms with Crippen molar-refractivity contribution in [3.8, 4) is 0 Å². The Balaban J connectivity index is 1.98. The number of pyridine rings is 1. The number of likely N-dealkylation sites (tertiary alicyclic amines) is 1. The molecule has 2 heterocycles. The first kappa shape index (κ1) is 15.0. The lowest BCUT2D eigenvalue weighted by molar-refractivity contribution is 0.198. The van der Waals surface area contributed by atoms with Gasteiger partial charge in [-0.2, -0.15) is 22.5 Å². The van der Waals surface area contributed by atoms with Gasteiger partial charge in [0.15, 0.2) is 0 Å². The molecule has 7 heteroatoms. The van der Waals surface area contributed by atoms with Crippen LogP contribution < -0.4 is 5.32 Å². The predicted octanol–water partition coefficient (Wildman–Crippen LogP) is 2.78. The molecule has 0 aromatic carbocycles. The van der Waals surface area contributed by atoms with Crippen molar-refractivity contribution in [2.75, 3.05) is 31.5 Å². The summed E-state index contributed by atoms with van der Waals surface area (Å²) in [7, 11) is 0. The minimum atomic E-state index is -1.63. The van der Waals surface area contributed by atoms with Crippen LogP contribution in [-0.2, 0) is 0 Å². The standard InChI is InChI=1S/C13H17F4N3/c1-2-20-5-3-8(4-6-20)7-18-11-9(14)12(16)19-13(17)10(11)15/h8H,2-7H2,1H3,(H,18,19). The zero-order chi connectivity index (χ0) is 14.7. The van der Waals surface area contributed by atoms with Crippen LogP contribution in [0.25, 0.3) is 0 Å². The Morgan fingerprint density at radius 3 is 2.15 bits per heavy atom. The second-order valence-corrected chi connectivity index (χ2v) is 4.95. The molecule has 0 aliphatic carbocycles. The van der Waals surface area contributed by atoms with E-state index in [1.165, 1.54) is 0 Å². The maximum absolute atomic E-state index is 13.4. The average molecular weight is 291 g/mol. The van der Waals surface area contributed by atoms with E-state index in [1.807, 2.05) is 0 Å². The summed E-state index contributed by atoms with van der Waals surface area (Å²) in [6.07, 6.45) is 1.78. The number of halogens is 4. The lowest BCUT2D eigenvalue weighted by Gasteiger charge is -2.31. The van der Waals surface area contributed by atoms with E-state index in [1.54, 1.807) is 0 Å². The van der Waals surface area contributed by atoms with E-state index >= 15 is 0 Å². The van der Waals surface area contributed by atoms with Crippen LogP contribution in [0.4, 0.5) is 23.2 Å². The van der Waals surface area contributed by atoms with Crippen molar-refractivity contribution in [2.45, 2.75) is 19.8 Å². The molecule has 0 unspecified atom stereocenters. The smallest absolute Gasteiger partial charge is 0.253 e. The van der Waals surface area contributed by atoms with Gasteiger partial charge in [0.25, 0.3) is 11.9 Å². The summed E-state index contributed by atoms with van der Waals surface area (Å²) in [6, 6.07) is 0. The van der Waals surface area contributed by atoms with Crippen LogP contribution in [0.15, 0.2) is 0 Å². The van der Waals surface area contributed by atoms with Gasteiger partial charge in [-0.3, -0.25) is 0 Å². The molecule has 20 heavy (non-hydrogen) atoms. The highest BCUT2D eigenvalue weighted by atomic mass is 19.2. The van der Waals surface area contributed by atoms with Crippen LogP contribution in [0.2, 0.25) is 0 Å². The molecule has 0 saturated carbocycles. The highest BCUT2D eigenvalue weighted by molar-refractivity contribution is 5.45. The van der Waals surface area contributed by atoms with Crippen LogP contribution in [0.3, 0.4) is 0 Å². The molecule has 1 aliphatic rings. The van der Waals surface area contributed by atoms with Gasteiger partial charge in [-0.25, -0.2) is 0 Å². The molecule has 0 bridgehead atoms. The van der Waals surface area contributed by atoms with E-state index in [0.717, 1.165) is 32.5 Å². The molecule has 0 amide bonds. The Hall–Kier alpha value is -1.37. The quantitative estimate of drug-likeness (QED) is 0.683. The lowest BCUT2D eigenvalue weighted by atomic mass is 9.97. The average Bonchev–Trinajstić information content (AvgIpc) is 2.46. The first-order valence-corrected chi connectivity index (χ1v) is 6.69. The summed E-state index contributed by atoms with van der Waals surface area (Å²) >= 11 is 0. The van der Waals surface area contributed by atoms with Crippen molar-refractivity contribution in [3.63, 3.8) is 0 Å². The second-order valence-electron chi connectivity index (χ2n) is 4.95. The molecule has 0 spiro atoms. The van der Waals surface area contributed by atoms with Crippen molar-refractivity contribution >= 4 is 5.69 Å². The van der Waals surface area contributed by atoms with Crippen molar-refractivity contribution in [1.82, 2.24) is 9.88 Å². The molecular formula is C13H17F4N3. The molecule has 1 saturated heterocycles. The van der Waals surface area contributed by atoms with Gasteiger partial charge in [0, 0.05) is 6.54 Å². The van der Waals surface area contributed by atoms with Gasteiger partial charge in [0.1, 0.15) is 5.69 Å². The summed E-state index contributed by atoms with van der Waals surface area (Å²) in [6.45, 7) is 5.18. The van der Waals surface area contributed by atoms with Crippen molar-refractivity contribution in [1.29, 1.82) is 0 Å². The highest BCUT2D eigenvalue weighted by Crippen LogP contribution is 2.24. The van der Waals surface area contributed by atoms with Crippen LogP contribution in [0.5, 0.6) is 0 Å². The molecule has 3 nitrogen and oxygen atoms in total. The monoisotopic (exact) mass is 291 g/mol. The lowest BCUT2D eigenvalue weighted by Crippen LogP contribution is -2.35. The number of nitrogens with zero attached hydrogens (tertiary/aromatic N) is 2. The van der Waals surface area contributed by atoms with Gasteiger partial charge in [-0.15, -0.1) is 0 Å². The molecule has 0 atom stereocenters. The van der Waals surface area contributed by atoms with Gasteiger partial charge in [-0.05, 0) is 38.4 Å². The Kier molecular flexibility index (Phi) is 4.80. The van der Waals surface area contributed by atoms with Gasteiger partial charge >= 0.3 is 0 Å². The molecule has 1 N–H and O–H groups in total. The topological polar surface area (TPSA) is 28.2 Å². The number of hydrogen-bond acceptors (Lipinski definition) is 3. The summed E-state index contributed by atoms with van der Waals surface area (Å²) in [4.78, 5) is 4.80. The molecular weight excluding hydrogens is 274 g/mol. The Bertz CT molecular complexity index is 447. The summed E-state index contributed by atoms with van der Waals surface area (Å²) in [5.41, 5.74) is -0.770. The van der Waals surface area contributed by atoms with Crippen molar-refractivity contribution < 1.29 is 17.6 Å². The molecule has 1 fully saturated rings. The molecule has 1 aromatic heterocycles. The maximum atomic E-state index is 13.4. The third kappa shape index (κ3) is 3.20. The Labute approximate surface area is 115 Å². The van der Waals surface area contributed by atoms with Gasteiger partial charge in [0.2, 0.25) is 11.6 Å². The minimum Gasteiger partial charge on any atom is -0.380 e. The third-order valence-electron chi connectivity index (χ3n) is 3.72. The number of rotatable bonds is 4. The first-order chi connectivity index (χ1) is 9.52. The second kappa shape index (κ2) is 6.39. The normalized spacial score (nSPS) is 17.4. The largest absolute Gasteiger partial charge is 0.380 e. The third-order valence-corrected chi connectivity index (χ3v) is 3.72. The summed E-state index contributed by atoms with van der Waals surface area (Å²) in [5, 5.41) is 2.48. The SMILES string of the molecule is CCN1CCC(CNc2c(F)c(F)nc(F)c2F)CC1. The van der Waals surface area contributed by atoms with E-state index < -0.39 is 29.2 Å². The summed E-state index contributed by atoms with van der Waals surface area (Å²) < 4.78 is 52.7. The fourth-order valence-electron chi connectivity index (χ4n) is 2.40. The zero-order valence-corrected chi connectivity index (χ0v) is 11.2. The van der Waals surface area contributed by atoms with Gasteiger partial charge in [-0.1, -0.05) is 6.92 Å². The number of anilines is 1. The van der Waals surface area contributed by atoms with Gasteiger partial charge in [0.05, 0.1) is 0 Å². The fraction of sp³-hybridized carbons (Fsp3) is 0.615. The molecule has 1 aliphatic heterocycles.